The lowest BCUT2D eigenvalue weighted by Crippen LogP contribution is -2.57. The summed E-state index contributed by atoms with van der Waals surface area (Å²) in [5.74, 6) is -0.522. The molecule has 2 rings (SSSR count). The predicted octanol–water partition coefficient (Wildman–Crippen LogP) is 0.813. The third-order valence-electron chi connectivity index (χ3n) is 3.05. The van der Waals surface area contributed by atoms with Gasteiger partial charge in [-0.05, 0) is 17.7 Å². The van der Waals surface area contributed by atoms with Crippen LogP contribution in [0.4, 0.5) is 0 Å². The fourth-order valence-corrected chi connectivity index (χ4v) is 2.16. The number of carbonyl (C=O) groups is 2. The number of ether oxygens (including phenoxy) is 1. The first-order chi connectivity index (χ1) is 9.11. The van der Waals surface area contributed by atoms with Crippen LogP contribution in [-0.4, -0.2) is 43.0 Å². The van der Waals surface area contributed by atoms with E-state index in [1.807, 2.05) is 12.1 Å². The van der Waals surface area contributed by atoms with E-state index in [1.165, 1.54) is 12.0 Å². The SMILES string of the molecule is COC(=O)C1CNCC(=O)N1Cc1ccc(Cl)cc1. The van der Waals surface area contributed by atoms with Crippen molar-refractivity contribution in [2.45, 2.75) is 12.6 Å². The van der Waals surface area contributed by atoms with Crippen molar-refractivity contribution in [2.75, 3.05) is 20.2 Å². The van der Waals surface area contributed by atoms with Crippen LogP contribution in [0.2, 0.25) is 5.02 Å². The lowest BCUT2D eigenvalue weighted by Gasteiger charge is -2.34. The van der Waals surface area contributed by atoms with Gasteiger partial charge in [-0.2, -0.15) is 0 Å². The number of methoxy groups -OCH3 is 1. The quantitative estimate of drug-likeness (QED) is 0.834. The molecule has 1 aliphatic heterocycles. The Balaban J connectivity index is 2.15. The lowest BCUT2D eigenvalue weighted by molar-refractivity contribution is -0.155. The molecule has 1 aliphatic rings. The first-order valence-electron chi connectivity index (χ1n) is 5.94. The smallest absolute Gasteiger partial charge is 0.329 e. The van der Waals surface area contributed by atoms with Gasteiger partial charge >= 0.3 is 5.97 Å². The van der Waals surface area contributed by atoms with Crippen molar-refractivity contribution < 1.29 is 14.3 Å². The third kappa shape index (κ3) is 3.24. The average Bonchev–Trinajstić information content (AvgIpc) is 2.42. The zero-order valence-corrected chi connectivity index (χ0v) is 11.3. The van der Waals surface area contributed by atoms with Gasteiger partial charge in [-0.25, -0.2) is 4.79 Å². The first kappa shape index (κ1) is 13.8. The number of piperazine rings is 1. The maximum absolute atomic E-state index is 11.9. The van der Waals surface area contributed by atoms with E-state index in [-0.39, 0.29) is 12.5 Å². The molecule has 1 fully saturated rings. The summed E-state index contributed by atoms with van der Waals surface area (Å²) in [5.41, 5.74) is 0.925. The van der Waals surface area contributed by atoms with Crippen LogP contribution >= 0.6 is 11.6 Å². The van der Waals surface area contributed by atoms with E-state index in [0.717, 1.165) is 5.56 Å². The minimum Gasteiger partial charge on any atom is -0.467 e. The van der Waals surface area contributed by atoms with Crippen LogP contribution in [0.3, 0.4) is 0 Å². The van der Waals surface area contributed by atoms with E-state index in [4.69, 9.17) is 16.3 Å². The molecular weight excluding hydrogens is 268 g/mol. The Hall–Kier alpha value is -1.59. The summed E-state index contributed by atoms with van der Waals surface area (Å²) in [6.45, 7) is 1.02. The summed E-state index contributed by atoms with van der Waals surface area (Å²) in [4.78, 5) is 25.1. The molecule has 0 saturated carbocycles. The van der Waals surface area contributed by atoms with E-state index in [2.05, 4.69) is 5.32 Å². The van der Waals surface area contributed by atoms with Crippen molar-refractivity contribution in [1.29, 1.82) is 0 Å². The number of halogens is 1. The molecule has 0 bridgehead atoms. The number of carbonyl (C=O) groups excluding carboxylic acids is 2. The van der Waals surface area contributed by atoms with Crippen molar-refractivity contribution in [3.05, 3.63) is 34.9 Å². The molecule has 1 aromatic rings. The molecule has 1 aromatic carbocycles. The summed E-state index contributed by atoms with van der Waals surface area (Å²) < 4.78 is 4.73. The Kier molecular flexibility index (Phi) is 4.39. The van der Waals surface area contributed by atoms with E-state index < -0.39 is 12.0 Å². The molecule has 6 heteroatoms. The summed E-state index contributed by atoms with van der Waals surface area (Å²) in [7, 11) is 1.32. The van der Waals surface area contributed by atoms with Gasteiger partial charge in [0.05, 0.1) is 13.7 Å². The highest BCUT2D eigenvalue weighted by atomic mass is 35.5. The van der Waals surface area contributed by atoms with Crippen LogP contribution in [-0.2, 0) is 20.9 Å². The monoisotopic (exact) mass is 282 g/mol. The highest BCUT2D eigenvalue weighted by Gasteiger charge is 2.33. The summed E-state index contributed by atoms with van der Waals surface area (Å²) in [6.07, 6.45) is 0. The molecule has 1 heterocycles. The second-order valence-electron chi connectivity index (χ2n) is 4.32. The molecule has 1 amide bonds. The summed E-state index contributed by atoms with van der Waals surface area (Å²) in [5, 5.41) is 3.55. The van der Waals surface area contributed by atoms with Crippen LogP contribution in [0, 0.1) is 0 Å². The maximum atomic E-state index is 11.9. The molecule has 0 aliphatic carbocycles. The second-order valence-corrected chi connectivity index (χ2v) is 4.75. The number of amides is 1. The maximum Gasteiger partial charge on any atom is 0.329 e. The summed E-state index contributed by atoms with van der Waals surface area (Å²) in [6, 6.07) is 6.62. The lowest BCUT2D eigenvalue weighted by atomic mass is 10.1. The van der Waals surface area contributed by atoms with Gasteiger partial charge in [-0.3, -0.25) is 4.79 Å². The van der Waals surface area contributed by atoms with Crippen LogP contribution in [0.15, 0.2) is 24.3 Å². The fraction of sp³-hybridized carbons (Fsp3) is 0.385. The highest BCUT2D eigenvalue weighted by molar-refractivity contribution is 6.30. The van der Waals surface area contributed by atoms with Crippen LogP contribution in [0.5, 0.6) is 0 Å². The predicted molar refractivity (Wildman–Crippen MR) is 70.7 cm³/mol. The van der Waals surface area contributed by atoms with Crippen LogP contribution in [0.25, 0.3) is 0 Å². The van der Waals surface area contributed by atoms with E-state index in [9.17, 15) is 9.59 Å². The zero-order valence-electron chi connectivity index (χ0n) is 10.6. The number of rotatable bonds is 3. The van der Waals surface area contributed by atoms with Crippen molar-refractivity contribution in [3.63, 3.8) is 0 Å². The standard InChI is InChI=1S/C13H15ClN2O3/c1-19-13(18)11-6-15-7-12(17)16(11)8-9-2-4-10(14)5-3-9/h2-5,11,15H,6-8H2,1H3. The van der Waals surface area contributed by atoms with Crippen molar-refractivity contribution in [3.8, 4) is 0 Å². The molecule has 1 saturated heterocycles. The van der Waals surface area contributed by atoms with Gasteiger partial charge in [0.1, 0.15) is 6.04 Å². The molecule has 0 spiro atoms. The van der Waals surface area contributed by atoms with Gasteiger partial charge in [0.25, 0.3) is 0 Å². The Bertz CT molecular complexity index is 475. The third-order valence-corrected chi connectivity index (χ3v) is 3.30. The van der Waals surface area contributed by atoms with Crippen molar-refractivity contribution in [1.82, 2.24) is 10.2 Å². The Labute approximate surface area is 116 Å². The number of benzene rings is 1. The Morgan fingerprint density at radius 3 is 2.79 bits per heavy atom. The molecule has 1 N–H and O–H groups in total. The van der Waals surface area contributed by atoms with Crippen molar-refractivity contribution >= 4 is 23.5 Å². The van der Waals surface area contributed by atoms with Crippen molar-refractivity contribution in [2.24, 2.45) is 0 Å². The number of hydrogen-bond donors (Lipinski definition) is 1. The minimum atomic E-state index is -0.582. The molecular formula is C13H15ClN2O3. The largest absolute Gasteiger partial charge is 0.467 e. The molecule has 0 radical (unpaired) electrons. The number of hydrogen-bond acceptors (Lipinski definition) is 4. The van der Waals surface area contributed by atoms with E-state index in [1.54, 1.807) is 12.1 Å². The molecule has 5 nitrogen and oxygen atoms in total. The van der Waals surface area contributed by atoms with Gasteiger partial charge in [-0.1, -0.05) is 23.7 Å². The van der Waals surface area contributed by atoms with Gasteiger partial charge in [0.2, 0.25) is 5.91 Å². The Morgan fingerprint density at radius 1 is 1.47 bits per heavy atom. The normalized spacial score (nSPS) is 19.4. The Morgan fingerprint density at radius 2 is 2.16 bits per heavy atom. The first-order valence-corrected chi connectivity index (χ1v) is 6.32. The number of nitrogens with one attached hydrogen (secondary N) is 1. The van der Waals surface area contributed by atoms with E-state index >= 15 is 0 Å². The average molecular weight is 283 g/mol. The van der Waals surface area contributed by atoms with Gasteiger partial charge in [-0.15, -0.1) is 0 Å². The minimum absolute atomic E-state index is 0.114. The van der Waals surface area contributed by atoms with Gasteiger partial charge in [0.15, 0.2) is 0 Å². The zero-order chi connectivity index (χ0) is 13.8. The van der Waals surface area contributed by atoms with Crippen LogP contribution in [0.1, 0.15) is 5.56 Å². The highest BCUT2D eigenvalue weighted by Crippen LogP contribution is 2.15. The van der Waals surface area contributed by atoms with Gasteiger partial charge in [0, 0.05) is 18.1 Å². The fourth-order valence-electron chi connectivity index (χ4n) is 2.03. The summed E-state index contributed by atoms with van der Waals surface area (Å²) >= 11 is 5.82. The topological polar surface area (TPSA) is 58.6 Å². The molecule has 0 aromatic heterocycles. The molecule has 19 heavy (non-hydrogen) atoms. The van der Waals surface area contributed by atoms with Crippen LogP contribution < -0.4 is 5.32 Å². The molecule has 1 atom stereocenters. The molecule has 1 unspecified atom stereocenters. The second kappa shape index (κ2) is 6.04. The molecule has 102 valence electrons. The number of nitrogens with zero attached hydrogens (tertiary/aromatic N) is 1. The van der Waals surface area contributed by atoms with Gasteiger partial charge < -0.3 is 15.0 Å². The van der Waals surface area contributed by atoms with E-state index in [0.29, 0.717) is 18.1 Å². The number of esters is 1.